The van der Waals surface area contributed by atoms with Gasteiger partial charge in [0.15, 0.2) is 5.79 Å². The van der Waals surface area contributed by atoms with Crippen molar-refractivity contribution >= 4 is 12.3 Å². The van der Waals surface area contributed by atoms with Gasteiger partial charge in [0, 0.05) is 18.8 Å². The lowest BCUT2D eigenvalue weighted by Gasteiger charge is -2.20. The van der Waals surface area contributed by atoms with Gasteiger partial charge in [-0.3, -0.25) is 4.79 Å². The SMILES string of the molecule is CCCCCCC/C=C/C=C(C)/C=C/[C@H]1CC2(C[C@@H]1OC(=O)C=O)OCCO2. The van der Waals surface area contributed by atoms with Crippen molar-refractivity contribution in [3.63, 3.8) is 0 Å². The van der Waals surface area contributed by atoms with E-state index in [-0.39, 0.29) is 12.2 Å². The first-order valence-electron chi connectivity index (χ1n) is 10.5. The molecular weight excluding hydrogens is 356 g/mol. The molecule has 0 aromatic rings. The second-order valence-corrected chi connectivity index (χ2v) is 7.67. The summed E-state index contributed by atoms with van der Waals surface area (Å²) < 4.78 is 16.8. The fourth-order valence-electron chi connectivity index (χ4n) is 3.78. The Bertz CT molecular complexity index is 584. The lowest BCUT2D eigenvalue weighted by atomic mass is 10.0. The van der Waals surface area contributed by atoms with Crippen LogP contribution < -0.4 is 0 Å². The Morgan fingerprint density at radius 1 is 1.14 bits per heavy atom. The predicted octanol–water partition coefficient (Wildman–Crippen LogP) is 4.67. The molecule has 0 amide bonds. The molecule has 1 saturated heterocycles. The van der Waals surface area contributed by atoms with E-state index in [4.69, 9.17) is 14.2 Å². The highest BCUT2D eigenvalue weighted by atomic mass is 16.7. The molecule has 1 aliphatic carbocycles. The first-order valence-corrected chi connectivity index (χ1v) is 10.5. The fourth-order valence-corrected chi connectivity index (χ4v) is 3.78. The summed E-state index contributed by atoms with van der Waals surface area (Å²) in [6.07, 6.45) is 18.9. The number of unbranched alkanes of at least 4 members (excludes halogenated alkanes) is 5. The van der Waals surface area contributed by atoms with Crippen LogP contribution in [-0.4, -0.2) is 37.4 Å². The molecule has 0 aromatic carbocycles. The lowest BCUT2D eigenvalue weighted by molar-refractivity contribution is -0.165. The maximum absolute atomic E-state index is 11.4. The van der Waals surface area contributed by atoms with E-state index in [9.17, 15) is 9.59 Å². The molecule has 0 N–H and O–H groups in total. The van der Waals surface area contributed by atoms with Gasteiger partial charge in [-0.05, 0) is 19.8 Å². The third-order valence-corrected chi connectivity index (χ3v) is 5.29. The molecule has 0 unspecified atom stereocenters. The zero-order chi connectivity index (χ0) is 20.2. The van der Waals surface area contributed by atoms with Crippen LogP contribution in [0.25, 0.3) is 0 Å². The van der Waals surface area contributed by atoms with Crippen molar-refractivity contribution in [2.24, 2.45) is 5.92 Å². The smallest absolute Gasteiger partial charge is 0.371 e. The lowest BCUT2D eigenvalue weighted by Crippen LogP contribution is -2.28. The van der Waals surface area contributed by atoms with Crippen LogP contribution in [0.1, 0.15) is 65.2 Å². The summed E-state index contributed by atoms with van der Waals surface area (Å²) in [5, 5.41) is 0. The van der Waals surface area contributed by atoms with E-state index in [0.29, 0.717) is 26.1 Å². The monoisotopic (exact) mass is 390 g/mol. The Morgan fingerprint density at radius 3 is 2.61 bits per heavy atom. The minimum atomic E-state index is -0.840. The van der Waals surface area contributed by atoms with Gasteiger partial charge in [0.25, 0.3) is 0 Å². The van der Waals surface area contributed by atoms with Gasteiger partial charge >= 0.3 is 5.97 Å². The molecule has 5 heteroatoms. The molecule has 1 aliphatic heterocycles. The third-order valence-electron chi connectivity index (χ3n) is 5.29. The molecule has 1 heterocycles. The number of esters is 1. The van der Waals surface area contributed by atoms with Gasteiger partial charge in [0.2, 0.25) is 6.29 Å². The van der Waals surface area contributed by atoms with Crippen molar-refractivity contribution in [2.45, 2.75) is 77.1 Å². The zero-order valence-electron chi connectivity index (χ0n) is 17.2. The number of hydrogen-bond donors (Lipinski definition) is 0. The van der Waals surface area contributed by atoms with Crippen molar-refractivity contribution < 1.29 is 23.8 Å². The molecule has 2 rings (SSSR count). The molecule has 1 saturated carbocycles. The van der Waals surface area contributed by atoms with E-state index >= 15 is 0 Å². The summed E-state index contributed by atoms with van der Waals surface area (Å²) >= 11 is 0. The maximum Gasteiger partial charge on any atom is 0.371 e. The Balaban J connectivity index is 1.84. The third kappa shape index (κ3) is 7.36. The number of aldehydes is 1. The number of ether oxygens (including phenoxy) is 3. The average Bonchev–Trinajstić information content (AvgIpc) is 3.28. The Labute approximate surface area is 168 Å². The van der Waals surface area contributed by atoms with Crippen LogP contribution in [0.2, 0.25) is 0 Å². The van der Waals surface area contributed by atoms with Crippen LogP contribution in [0.3, 0.4) is 0 Å². The second kappa shape index (κ2) is 12.0. The van der Waals surface area contributed by atoms with Gasteiger partial charge in [-0.1, -0.05) is 68.6 Å². The van der Waals surface area contributed by atoms with Gasteiger partial charge < -0.3 is 14.2 Å². The summed E-state index contributed by atoms with van der Waals surface area (Å²) in [5.74, 6) is -1.56. The Hall–Kier alpha value is -1.72. The van der Waals surface area contributed by atoms with Crippen LogP contribution in [0.15, 0.2) is 36.0 Å². The highest BCUT2D eigenvalue weighted by Gasteiger charge is 2.50. The van der Waals surface area contributed by atoms with E-state index in [0.717, 1.165) is 12.0 Å². The van der Waals surface area contributed by atoms with E-state index in [1.54, 1.807) is 0 Å². The molecule has 5 nitrogen and oxygen atoms in total. The van der Waals surface area contributed by atoms with Crippen LogP contribution >= 0.6 is 0 Å². The summed E-state index contributed by atoms with van der Waals surface area (Å²) in [5.41, 5.74) is 1.12. The fraction of sp³-hybridized carbons (Fsp3) is 0.652. The van der Waals surface area contributed by atoms with E-state index in [2.05, 4.69) is 25.2 Å². The Morgan fingerprint density at radius 2 is 1.89 bits per heavy atom. The molecule has 2 fully saturated rings. The quantitative estimate of drug-likeness (QED) is 0.169. The summed E-state index contributed by atoms with van der Waals surface area (Å²) in [6, 6.07) is 0. The minimum Gasteiger partial charge on any atom is -0.456 e. The van der Waals surface area contributed by atoms with E-state index in [1.807, 2.05) is 19.1 Å². The molecule has 0 aromatic heterocycles. The van der Waals surface area contributed by atoms with Crippen molar-refractivity contribution in [1.29, 1.82) is 0 Å². The van der Waals surface area contributed by atoms with Crippen molar-refractivity contribution in [2.75, 3.05) is 13.2 Å². The average molecular weight is 391 g/mol. The topological polar surface area (TPSA) is 61.8 Å². The highest BCUT2D eigenvalue weighted by Crippen LogP contribution is 2.43. The van der Waals surface area contributed by atoms with Gasteiger partial charge in [-0.2, -0.15) is 0 Å². The molecule has 156 valence electrons. The molecule has 28 heavy (non-hydrogen) atoms. The molecule has 2 aliphatic rings. The second-order valence-electron chi connectivity index (χ2n) is 7.67. The molecule has 0 bridgehead atoms. The summed E-state index contributed by atoms with van der Waals surface area (Å²) in [4.78, 5) is 22.1. The number of carbonyl (C=O) groups is 2. The first-order chi connectivity index (χ1) is 13.6. The molecule has 1 spiro atoms. The van der Waals surface area contributed by atoms with Crippen LogP contribution in [0.4, 0.5) is 0 Å². The van der Waals surface area contributed by atoms with Crippen molar-refractivity contribution in [1.82, 2.24) is 0 Å². The van der Waals surface area contributed by atoms with Crippen LogP contribution in [0.5, 0.6) is 0 Å². The van der Waals surface area contributed by atoms with Gasteiger partial charge in [-0.15, -0.1) is 0 Å². The Kier molecular flexibility index (Phi) is 9.65. The van der Waals surface area contributed by atoms with Gasteiger partial charge in [-0.25, -0.2) is 4.79 Å². The van der Waals surface area contributed by atoms with Gasteiger partial charge in [0.05, 0.1) is 13.2 Å². The molecular formula is C23H34O5. The first kappa shape index (κ1) is 22.6. The normalized spacial score (nSPS) is 24.6. The van der Waals surface area contributed by atoms with Crippen molar-refractivity contribution in [3.05, 3.63) is 36.0 Å². The zero-order valence-corrected chi connectivity index (χ0v) is 17.2. The van der Waals surface area contributed by atoms with Gasteiger partial charge in [0.1, 0.15) is 6.10 Å². The highest BCUT2D eigenvalue weighted by molar-refractivity contribution is 6.20. The number of carbonyl (C=O) groups excluding carboxylic acids is 2. The number of rotatable bonds is 11. The largest absolute Gasteiger partial charge is 0.456 e. The van der Waals surface area contributed by atoms with Crippen molar-refractivity contribution in [3.8, 4) is 0 Å². The molecule has 0 radical (unpaired) electrons. The standard InChI is InChI=1S/C23H34O5/c1-3-4-5-6-7-8-9-10-11-19(2)12-13-20-16-23(26-14-15-27-23)17-21(20)28-22(25)18-24/h9-13,18,20-21H,3-8,14-17H2,1-2H3/b10-9+,13-12+,19-11+/t20-,21-/m0/s1. The molecule has 2 atom stereocenters. The maximum atomic E-state index is 11.4. The number of allylic oxidation sites excluding steroid dienone is 5. The van der Waals surface area contributed by atoms with E-state index < -0.39 is 17.9 Å². The van der Waals surface area contributed by atoms with Crippen LogP contribution in [-0.2, 0) is 23.8 Å². The summed E-state index contributed by atoms with van der Waals surface area (Å²) in [7, 11) is 0. The van der Waals surface area contributed by atoms with Crippen LogP contribution in [0, 0.1) is 5.92 Å². The number of hydrogen-bond acceptors (Lipinski definition) is 5. The van der Waals surface area contributed by atoms with E-state index in [1.165, 1.54) is 32.1 Å². The predicted molar refractivity (Wildman–Crippen MR) is 109 cm³/mol. The summed E-state index contributed by atoms with van der Waals surface area (Å²) in [6.45, 7) is 5.37. The minimum absolute atomic E-state index is 0.0344.